The highest BCUT2D eigenvalue weighted by molar-refractivity contribution is 5.95. The van der Waals surface area contributed by atoms with E-state index in [0.717, 1.165) is 16.8 Å². The van der Waals surface area contributed by atoms with Crippen molar-refractivity contribution in [2.24, 2.45) is 10.9 Å². The highest BCUT2D eigenvalue weighted by Gasteiger charge is 2.55. The zero-order chi connectivity index (χ0) is 21.0. The number of phenols is 2. The summed E-state index contributed by atoms with van der Waals surface area (Å²) < 4.78 is 12.4. The van der Waals surface area contributed by atoms with E-state index in [-0.39, 0.29) is 42.3 Å². The molecule has 0 fully saturated rings. The number of aromatic hydroxyl groups is 2. The van der Waals surface area contributed by atoms with Gasteiger partial charge in [0.2, 0.25) is 0 Å². The van der Waals surface area contributed by atoms with Crippen LogP contribution in [0, 0.1) is 5.92 Å². The molecule has 2 aromatic carbocycles. The number of ketones is 1. The molecule has 3 aliphatic heterocycles. The van der Waals surface area contributed by atoms with E-state index < -0.39 is 11.8 Å². The third kappa shape index (κ3) is 2.71. The lowest BCUT2D eigenvalue weighted by Gasteiger charge is -2.34. The van der Waals surface area contributed by atoms with Crippen molar-refractivity contribution >= 4 is 17.6 Å². The normalized spacial score (nSPS) is 29.4. The van der Waals surface area contributed by atoms with Gasteiger partial charge in [-0.05, 0) is 43.2 Å². The molecule has 4 atom stereocenters. The fraction of sp³-hybridized carbons (Fsp3) is 0.333. The SMILES string of the molecule is CC(=O)C1OCc2c(O)cccc2C2C1C(C)=NC21C=Cc2cccc(O)c2CO1. The predicted octanol–water partition coefficient (Wildman–Crippen LogP) is 3.70. The highest BCUT2D eigenvalue weighted by Crippen LogP contribution is 2.52. The lowest BCUT2D eigenvalue weighted by Crippen LogP contribution is -2.41. The molecule has 0 amide bonds. The van der Waals surface area contributed by atoms with Crippen LogP contribution in [0.2, 0.25) is 0 Å². The minimum Gasteiger partial charge on any atom is -0.508 e. The first-order chi connectivity index (χ1) is 14.4. The zero-order valence-corrected chi connectivity index (χ0v) is 16.8. The molecule has 2 aromatic rings. The summed E-state index contributed by atoms with van der Waals surface area (Å²) in [5, 5.41) is 20.8. The highest BCUT2D eigenvalue weighted by atomic mass is 16.5. The van der Waals surface area contributed by atoms with Gasteiger partial charge in [0, 0.05) is 28.7 Å². The molecule has 154 valence electrons. The van der Waals surface area contributed by atoms with Gasteiger partial charge in [-0.1, -0.05) is 30.3 Å². The van der Waals surface area contributed by atoms with Gasteiger partial charge in [-0.25, -0.2) is 0 Å². The molecule has 3 heterocycles. The maximum absolute atomic E-state index is 12.5. The maximum Gasteiger partial charge on any atom is 0.186 e. The minimum atomic E-state index is -1.07. The molecule has 5 rings (SSSR count). The van der Waals surface area contributed by atoms with Gasteiger partial charge in [0.1, 0.15) is 17.6 Å². The van der Waals surface area contributed by atoms with Gasteiger partial charge in [-0.3, -0.25) is 9.79 Å². The summed E-state index contributed by atoms with van der Waals surface area (Å²) in [5.41, 5.74) is 2.80. The molecular formula is C24H23NO5. The second-order valence-electron chi connectivity index (χ2n) is 8.16. The summed E-state index contributed by atoms with van der Waals surface area (Å²) in [4.78, 5) is 17.4. The Morgan fingerprint density at radius 2 is 1.83 bits per heavy atom. The Morgan fingerprint density at radius 1 is 1.10 bits per heavy atom. The van der Waals surface area contributed by atoms with Crippen molar-refractivity contribution in [3.8, 4) is 11.5 Å². The van der Waals surface area contributed by atoms with Crippen molar-refractivity contribution in [1.29, 1.82) is 0 Å². The third-order valence-electron chi connectivity index (χ3n) is 6.43. The van der Waals surface area contributed by atoms with Crippen LogP contribution in [0.15, 0.2) is 47.5 Å². The van der Waals surface area contributed by atoms with Crippen LogP contribution in [0.4, 0.5) is 0 Å². The van der Waals surface area contributed by atoms with E-state index in [4.69, 9.17) is 14.5 Å². The first-order valence-corrected chi connectivity index (χ1v) is 10.0. The standard InChI is InChI=1S/C24H23NO5/c1-13-21-22(16-6-4-8-20(28)18(16)11-29-23(21)14(2)26)24(25-13)10-9-15-5-3-7-19(27)17(15)12-30-24/h3-10,21-23,27-28H,11-12H2,1-2H3. The van der Waals surface area contributed by atoms with Crippen LogP contribution < -0.4 is 0 Å². The lowest BCUT2D eigenvalue weighted by atomic mass is 9.75. The Kier molecular flexibility index (Phi) is 4.31. The quantitative estimate of drug-likeness (QED) is 0.755. The molecule has 2 N–H and O–H groups in total. The van der Waals surface area contributed by atoms with Gasteiger partial charge in [0.25, 0.3) is 0 Å². The average Bonchev–Trinajstić information content (AvgIpc) is 2.85. The van der Waals surface area contributed by atoms with Gasteiger partial charge in [-0.2, -0.15) is 0 Å². The number of carbonyl (C=O) groups is 1. The molecule has 0 saturated carbocycles. The number of ether oxygens (including phenoxy) is 2. The van der Waals surface area contributed by atoms with E-state index in [1.54, 1.807) is 24.3 Å². The fourth-order valence-corrected chi connectivity index (χ4v) is 5.03. The molecule has 30 heavy (non-hydrogen) atoms. The monoisotopic (exact) mass is 405 g/mol. The molecule has 3 aliphatic rings. The molecule has 1 spiro atoms. The zero-order valence-electron chi connectivity index (χ0n) is 16.8. The first-order valence-electron chi connectivity index (χ1n) is 10.0. The topological polar surface area (TPSA) is 88.4 Å². The van der Waals surface area contributed by atoms with Crippen molar-refractivity contribution in [2.75, 3.05) is 0 Å². The second kappa shape index (κ2) is 6.79. The summed E-state index contributed by atoms with van der Waals surface area (Å²) >= 11 is 0. The van der Waals surface area contributed by atoms with E-state index in [1.165, 1.54) is 6.92 Å². The number of carbonyl (C=O) groups excluding carboxylic acids is 1. The van der Waals surface area contributed by atoms with Crippen molar-refractivity contribution in [1.82, 2.24) is 0 Å². The predicted molar refractivity (Wildman–Crippen MR) is 111 cm³/mol. The van der Waals surface area contributed by atoms with Crippen molar-refractivity contribution in [3.63, 3.8) is 0 Å². The molecular weight excluding hydrogens is 382 g/mol. The van der Waals surface area contributed by atoms with Crippen LogP contribution in [0.3, 0.4) is 0 Å². The summed E-state index contributed by atoms with van der Waals surface area (Å²) in [6, 6.07) is 10.7. The van der Waals surface area contributed by atoms with E-state index >= 15 is 0 Å². The Balaban J connectivity index is 1.69. The average molecular weight is 405 g/mol. The third-order valence-corrected chi connectivity index (χ3v) is 6.43. The van der Waals surface area contributed by atoms with Crippen LogP contribution in [-0.4, -0.2) is 33.5 Å². The van der Waals surface area contributed by atoms with Crippen molar-refractivity contribution < 1.29 is 24.5 Å². The molecule has 0 bridgehead atoms. The van der Waals surface area contributed by atoms with E-state index in [1.807, 2.05) is 31.2 Å². The number of phenolic OH excluding ortho intramolecular Hbond substituents is 2. The molecule has 0 aliphatic carbocycles. The Morgan fingerprint density at radius 3 is 2.60 bits per heavy atom. The fourth-order valence-electron chi connectivity index (χ4n) is 5.03. The van der Waals surface area contributed by atoms with E-state index in [2.05, 4.69) is 0 Å². The van der Waals surface area contributed by atoms with Gasteiger partial charge in [0.05, 0.1) is 13.2 Å². The van der Waals surface area contributed by atoms with Crippen LogP contribution in [0.1, 0.15) is 42.0 Å². The van der Waals surface area contributed by atoms with Gasteiger partial charge >= 0.3 is 0 Å². The number of benzene rings is 2. The molecule has 0 saturated heterocycles. The molecule has 6 heteroatoms. The van der Waals surface area contributed by atoms with Crippen LogP contribution in [-0.2, 0) is 27.5 Å². The number of rotatable bonds is 1. The number of hydrogen-bond donors (Lipinski definition) is 2. The Bertz CT molecular complexity index is 1100. The lowest BCUT2D eigenvalue weighted by molar-refractivity contribution is -0.132. The summed E-state index contributed by atoms with van der Waals surface area (Å²) in [7, 11) is 0. The largest absolute Gasteiger partial charge is 0.508 e. The second-order valence-corrected chi connectivity index (χ2v) is 8.16. The summed E-state index contributed by atoms with van der Waals surface area (Å²) in [6.45, 7) is 3.74. The Hall–Kier alpha value is -2.96. The van der Waals surface area contributed by atoms with Crippen molar-refractivity contribution in [3.05, 3.63) is 64.7 Å². The van der Waals surface area contributed by atoms with E-state index in [0.29, 0.717) is 11.1 Å². The smallest absolute Gasteiger partial charge is 0.186 e. The van der Waals surface area contributed by atoms with Gasteiger partial charge in [-0.15, -0.1) is 0 Å². The number of aliphatic imine (C=N–C) groups is 1. The van der Waals surface area contributed by atoms with Gasteiger partial charge in [0.15, 0.2) is 11.5 Å². The molecule has 4 unspecified atom stereocenters. The van der Waals surface area contributed by atoms with E-state index in [9.17, 15) is 15.0 Å². The number of hydrogen-bond acceptors (Lipinski definition) is 6. The van der Waals surface area contributed by atoms with Crippen LogP contribution >= 0.6 is 0 Å². The number of fused-ring (bicyclic) bond motifs is 5. The summed E-state index contributed by atoms with van der Waals surface area (Å²) in [5.74, 6) is -0.432. The van der Waals surface area contributed by atoms with Crippen LogP contribution in [0.5, 0.6) is 11.5 Å². The summed E-state index contributed by atoms with van der Waals surface area (Å²) in [6.07, 6.45) is 3.14. The first kappa shape index (κ1) is 19.0. The van der Waals surface area contributed by atoms with Crippen LogP contribution in [0.25, 0.3) is 6.08 Å². The number of Topliss-reactive ketones (excluding diaryl/α,β-unsaturated/α-hetero) is 1. The molecule has 0 radical (unpaired) electrons. The van der Waals surface area contributed by atoms with Gasteiger partial charge < -0.3 is 19.7 Å². The Labute approximate surface area is 174 Å². The number of nitrogens with zero attached hydrogens (tertiary/aromatic N) is 1. The maximum atomic E-state index is 12.5. The molecule has 0 aromatic heterocycles. The minimum absolute atomic E-state index is 0.0811. The van der Waals surface area contributed by atoms with Crippen molar-refractivity contribution in [2.45, 2.75) is 44.8 Å². The molecule has 6 nitrogen and oxygen atoms in total.